The first-order valence-electron chi connectivity index (χ1n) is 12.7. The van der Waals surface area contributed by atoms with E-state index < -0.39 is 0 Å². The molecule has 2 aromatic carbocycles. The molecule has 1 amide bonds. The normalized spacial score (nSPS) is 21.2. The number of nitrogens with zero attached hydrogens (tertiary/aromatic N) is 3. The highest BCUT2D eigenvalue weighted by molar-refractivity contribution is 5.94. The minimum absolute atomic E-state index is 0.0213. The number of aromatic nitrogens is 3. The van der Waals surface area contributed by atoms with Crippen LogP contribution in [0.5, 0.6) is 0 Å². The number of rotatable bonds is 6. The Labute approximate surface area is 211 Å². The Morgan fingerprint density at radius 3 is 2.58 bits per heavy atom. The van der Waals surface area contributed by atoms with Crippen LogP contribution in [0.3, 0.4) is 0 Å². The highest BCUT2D eigenvalue weighted by atomic mass is 16.1. The number of hydrogen-bond donors (Lipinski definition) is 1. The first-order chi connectivity index (χ1) is 17.6. The van der Waals surface area contributed by atoms with Crippen LogP contribution in [0.25, 0.3) is 11.8 Å². The van der Waals surface area contributed by atoms with Gasteiger partial charge in [-0.05, 0) is 78.5 Å². The number of carbonyl (C=O) groups is 1. The second kappa shape index (κ2) is 9.23. The Hall–Kier alpha value is -3.99. The molecule has 2 aliphatic rings. The number of nitrogens with one attached hydrogen (secondary N) is 1. The van der Waals surface area contributed by atoms with Crippen molar-refractivity contribution in [3.05, 3.63) is 119 Å². The number of hydrogen-bond acceptors (Lipinski definition) is 3. The van der Waals surface area contributed by atoms with Gasteiger partial charge in [0.15, 0.2) is 0 Å². The highest BCUT2D eigenvalue weighted by Gasteiger charge is 2.46. The average molecular weight is 475 g/mol. The van der Waals surface area contributed by atoms with Gasteiger partial charge >= 0.3 is 0 Å². The van der Waals surface area contributed by atoms with Crippen molar-refractivity contribution < 1.29 is 4.79 Å². The van der Waals surface area contributed by atoms with E-state index in [9.17, 15) is 4.79 Å². The summed E-state index contributed by atoms with van der Waals surface area (Å²) < 4.78 is 2.01. The smallest absolute Gasteiger partial charge is 0.251 e. The molecular formula is C31H30N4O. The van der Waals surface area contributed by atoms with Gasteiger partial charge in [-0.15, -0.1) is 0 Å². The lowest BCUT2D eigenvalue weighted by atomic mass is 9.68. The standard InChI is InChI=1S/C31H30N4O/c1-31-19-24-20-33-35(27-13-8-16-32-21-27)29(24)18-26(31)15-14-25(31)17-28(22-9-4-2-5-10-22)34-30(36)23-11-6-3-7-12-23/h2-13,16,18,20-21,25,28H,14-15,17,19H2,1H3,(H,34,36)/t25-,28?,31-/m1/s1. The number of amides is 1. The minimum atomic E-state index is -0.0420. The van der Waals surface area contributed by atoms with E-state index in [1.165, 1.54) is 16.8 Å². The lowest BCUT2D eigenvalue weighted by Crippen LogP contribution is -2.34. The van der Waals surface area contributed by atoms with Gasteiger partial charge in [0, 0.05) is 11.8 Å². The lowest BCUT2D eigenvalue weighted by Gasteiger charge is -2.37. The van der Waals surface area contributed by atoms with E-state index in [2.05, 4.69) is 47.6 Å². The van der Waals surface area contributed by atoms with Crippen molar-refractivity contribution in [3.63, 3.8) is 0 Å². The van der Waals surface area contributed by atoms with Crippen molar-refractivity contribution >= 4 is 12.0 Å². The zero-order valence-electron chi connectivity index (χ0n) is 20.5. The van der Waals surface area contributed by atoms with Crippen molar-refractivity contribution in [1.29, 1.82) is 0 Å². The minimum Gasteiger partial charge on any atom is -0.345 e. The third-order valence-corrected chi connectivity index (χ3v) is 8.11. The zero-order chi connectivity index (χ0) is 24.5. The molecule has 0 saturated heterocycles. The molecule has 0 aliphatic heterocycles. The fraction of sp³-hybridized carbons (Fsp3) is 0.258. The summed E-state index contributed by atoms with van der Waals surface area (Å²) in [6.45, 7) is 2.40. The zero-order valence-corrected chi connectivity index (χ0v) is 20.5. The summed E-state index contributed by atoms with van der Waals surface area (Å²) in [5, 5.41) is 8.06. The molecular weight excluding hydrogens is 444 g/mol. The Kier molecular flexibility index (Phi) is 5.76. The van der Waals surface area contributed by atoms with Gasteiger partial charge < -0.3 is 5.32 Å². The summed E-state index contributed by atoms with van der Waals surface area (Å²) in [6, 6.07) is 23.8. The number of pyridine rings is 1. The van der Waals surface area contributed by atoms with Crippen LogP contribution in [0.15, 0.2) is 97.0 Å². The maximum Gasteiger partial charge on any atom is 0.251 e. The second-order valence-corrected chi connectivity index (χ2v) is 10.2. The molecule has 0 spiro atoms. The highest BCUT2D eigenvalue weighted by Crippen LogP contribution is 2.55. The van der Waals surface area contributed by atoms with Crippen LogP contribution in [0, 0.1) is 11.3 Å². The molecule has 2 aromatic heterocycles. The summed E-state index contributed by atoms with van der Waals surface area (Å²) in [7, 11) is 0. The summed E-state index contributed by atoms with van der Waals surface area (Å²) in [6.07, 6.45) is 12.1. The lowest BCUT2D eigenvalue weighted by molar-refractivity contribution is 0.0923. The van der Waals surface area contributed by atoms with E-state index in [0.29, 0.717) is 11.5 Å². The molecule has 1 fully saturated rings. The molecule has 1 N–H and O–H groups in total. The molecule has 5 nitrogen and oxygen atoms in total. The quantitative estimate of drug-likeness (QED) is 0.363. The van der Waals surface area contributed by atoms with Crippen molar-refractivity contribution in [1.82, 2.24) is 20.1 Å². The van der Waals surface area contributed by atoms with Crippen LogP contribution in [-0.4, -0.2) is 20.7 Å². The number of fused-ring (bicyclic) bond motifs is 2. The molecule has 3 atom stereocenters. The Morgan fingerprint density at radius 2 is 1.83 bits per heavy atom. The summed E-state index contributed by atoms with van der Waals surface area (Å²) >= 11 is 0. The third-order valence-electron chi connectivity index (χ3n) is 8.11. The molecule has 2 aliphatic carbocycles. The first kappa shape index (κ1) is 22.5. The summed E-state index contributed by atoms with van der Waals surface area (Å²) in [4.78, 5) is 17.4. The monoisotopic (exact) mass is 474 g/mol. The molecule has 0 bridgehead atoms. The van der Waals surface area contributed by atoms with E-state index in [1.54, 1.807) is 6.20 Å². The molecule has 5 heteroatoms. The molecule has 0 radical (unpaired) electrons. The molecule has 180 valence electrons. The SMILES string of the molecule is C[C@]12Cc3cnn(-c4cccnc4)c3C=C1CC[C@@H]2CC(NC(=O)c1ccccc1)c1ccccc1. The van der Waals surface area contributed by atoms with Gasteiger partial charge in [-0.2, -0.15) is 5.10 Å². The third kappa shape index (κ3) is 4.05. The van der Waals surface area contributed by atoms with E-state index in [0.717, 1.165) is 36.9 Å². The van der Waals surface area contributed by atoms with Crippen LogP contribution in [0.4, 0.5) is 0 Å². The van der Waals surface area contributed by atoms with Gasteiger partial charge in [0.25, 0.3) is 5.91 Å². The van der Waals surface area contributed by atoms with E-state index in [4.69, 9.17) is 5.10 Å². The Morgan fingerprint density at radius 1 is 1.06 bits per heavy atom. The number of benzene rings is 2. The molecule has 2 heterocycles. The van der Waals surface area contributed by atoms with Gasteiger partial charge in [-0.25, -0.2) is 4.68 Å². The van der Waals surface area contributed by atoms with E-state index in [-0.39, 0.29) is 17.4 Å². The van der Waals surface area contributed by atoms with E-state index >= 15 is 0 Å². The molecule has 36 heavy (non-hydrogen) atoms. The fourth-order valence-electron chi connectivity index (χ4n) is 6.08. The first-order valence-corrected chi connectivity index (χ1v) is 12.7. The second-order valence-electron chi connectivity index (χ2n) is 10.2. The van der Waals surface area contributed by atoms with Gasteiger partial charge in [0.2, 0.25) is 0 Å². The molecule has 1 unspecified atom stereocenters. The van der Waals surface area contributed by atoms with Crippen LogP contribution in [0.2, 0.25) is 0 Å². The van der Waals surface area contributed by atoms with Crippen molar-refractivity contribution in [2.24, 2.45) is 11.3 Å². The van der Waals surface area contributed by atoms with Gasteiger partial charge in [-0.3, -0.25) is 9.78 Å². The summed E-state index contributed by atoms with van der Waals surface area (Å²) in [5.74, 6) is 0.437. The average Bonchev–Trinajstić information content (AvgIpc) is 3.47. The fourth-order valence-corrected chi connectivity index (χ4v) is 6.08. The van der Waals surface area contributed by atoms with Gasteiger partial charge in [-0.1, -0.05) is 61.0 Å². The predicted molar refractivity (Wildman–Crippen MR) is 142 cm³/mol. The van der Waals surface area contributed by atoms with Crippen molar-refractivity contribution in [3.8, 4) is 5.69 Å². The van der Waals surface area contributed by atoms with E-state index in [1.807, 2.05) is 65.6 Å². The number of carbonyl (C=O) groups excluding carboxylic acids is 1. The van der Waals surface area contributed by atoms with Crippen LogP contribution in [-0.2, 0) is 6.42 Å². The van der Waals surface area contributed by atoms with Gasteiger partial charge in [0.05, 0.1) is 29.8 Å². The largest absolute Gasteiger partial charge is 0.345 e. The summed E-state index contributed by atoms with van der Waals surface area (Å²) in [5.41, 5.74) is 6.84. The predicted octanol–water partition coefficient (Wildman–Crippen LogP) is 6.18. The van der Waals surface area contributed by atoms with Crippen LogP contribution in [0.1, 0.15) is 59.4 Å². The number of allylic oxidation sites excluding steroid dienone is 1. The molecule has 6 rings (SSSR count). The Bertz CT molecular complexity index is 1390. The maximum absolute atomic E-state index is 13.1. The Balaban J connectivity index is 1.28. The van der Waals surface area contributed by atoms with Crippen molar-refractivity contribution in [2.45, 2.75) is 38.6 Å². The van der Waals surface area contributed by atoms with Crippen LogP contribution < -0.4 is 5.32 Å². The maximum atomic E-state index is 13.1. The van der Waals surface area contributed by atoms with Gasteiger partial charge in [0.1, 0.15) is 0 Å². The molecule has 4 aromatic rings. The molecule has 1 saturated carbocycles. The van der Waals surface area contributed by atoms with Crippen molar-refractivity contribution in [2.75, 3.05) is 0 Å². The topological polar surface area (TPSA) is 59.8 Å². The van der Waals surface area contributed by atoms with Crippen LogP contribution >= 0.6 is 0 Å².